The first-order chi connectivity index (χ1) is 8.48. The molecule has 18 heavy (non-hydrogen) atoms. The van der Waals surface area contributed by atoms with Gasteiger partial charge in [0.05, 0.1) is 0 Å². The van der Waals surface area contributed by atoms with Crippen LogP contribution in [0.25, 0.3) is 0 Å². The minimum absolute atomic E-state index is 0.221. The highest BCUT2D eigenvalue weighted by Gasteiger charge is 2.29. The van der Waals surface area contributed by atoms with Crippen molar-refractivity contribution >= 4 is 0 Å². The average molecular weight is 245 g/mol. The molecule has 1 unspecified atom stereocenters. The molecule has 0 aromatic heterocycles. The highest BCUT2D eigenvalue weighted by Crippen LogP contribution is 2.40. The molecule has 100 valence electrons. The van der Waals surface area contributed by atoms with Crippen molar-refractivity contribution in [3.8, 4) is 0 Å². The summed E-state index contributed by atoms with van der Waals surface area (Å²) in [5.41, 5.74) is 12.9. The fourth-order valence-corrected chi connectivity index (χ4v) is 3.42. The van der Waals surface area contributed by atoms with E-state index < -0.39 is 0 Å². The Labute approximate surface area is 112 Å². The maximum absolute atomic E-state index is 6.52. The molecule has 0 heterocycles. The molecule has 1 aromatic carbocycles. The average Bonchev–Trinajstić information content (AvgIpc) is 2.45. The molecule has 2 rings (SSSR count). The van der Waals surface area contributed by atoms with Crippen LogP contribution >= 0.6 is 0 Å². The molecule has 1 aliphatic carbocycles. The Kier molecular flexibility index (Phi) is 3.82. The standard InChI is InChI=1S/C17H27N/c1-5-12-7-8-13(6-2)16-14(12)9-10-17(3,4)11-15(16)18/h7-8,15H,5-6,9-11,18H2,1-4H3. The van der Waals surface area contributed by atoms with Gasteiger partial charge in [-0.15, -0.1) is 0 Å². The van der Waals surface area contributed by atoms with E-state index in [1.807, 2.05) is 0 Å². The van der Waals surface area contributed by atoms with Crippen molar-refractivity contribution in [1.29, 1.82) is 0 Å². The van der Waals surface area contributed by atoms with Gasteiger partial charge < -0.3 is 5.73 Å². The molecule has 2 N–H and O–H groups in total. The minimum atomic E-state index is 0.221. The topological polar surface area (TPSA) is 26.0 Å². The Bertz CT molecular complexity index is 431. The van der Waals surface area contributed by atoms with E-state index in [1.54, 1.807) is 5.56 Å². The van der Waals surface area contributed by atoms with Crippen LogP contribution in [0.15, 0.2) is 12.1 Å². The van der Waals surface area contributed by atoms with Gasteiger partial charge in [0.1, 0.15) is 0 Å². The van der Waals surface area contributed by atoms with Gasteiger partial charge in [-0.1, -0.05) is 39.8 Å². The second-order valence-electron chi connectivity index (χ2n) is 6.46. The Hall–Kier alpha value is -0.820. The zero-order valence-electron chi connectivity index (χ0n) is 12.3. The number of aryl methyl sites for hydroxylation is 2. The zero-order valence-corrected chi connectivity index (χ0v) is 12.3. The molecule has 1 heteroatoms. The molecule has 0 aliphatic heterocycles. The van der Waals surface area contributed by atoms with E-state index in [1.165, 1.54) is 29.5 Å². The SMILES string of the molecule is CCc1ccc(CC)c2c1CCC(C)(C)CC2N. The van der Waals surface area contributed by atoms with Gasteiger partial charge in [-0.25, -0.2) is 0 Å². The molecule has 1 atom stereocenters. The van der Waals surface area contributed by atoms with E-state index >= 15 is 0 Å². The summed E-state index contributed by atoms with van der Waals surface area (Å²) >= 11 is 0. The van der Waals surface area contributed by atoms with Crippen molar-refractivity contribution in [2.75, 3.05) is 0 Å². The monoisotopic (exact) mass is 245 g/mol. The highest BCUT2D eigenvalue weighted by molar-refractivity contribution is 5.44. The molecular weight excluding hydrogens is 218 g/mol. The summed E-state index contributed by atoms with van der Waals surface area (Å²) in [5.74, 6) is 0. The summed E-state index contributed by atoms with van der Waals surface area (Å²) in [6.07, 6.45) is 5.79. The molecular formula is C17H27N. The van der Waals surface area contributed by atoms with Crippen LogP contribution < -0.4 is 5.73 Å². The van der Waals surface area contributed by atoms with Gasteiger partial charge in [-0.3, -0.25) is 0 Å². The second-order valence-corrected chi connectivity index (χ2v) is 6.46. The molecule has 0 saturated heterocycles. The van der Waals surface area contributed by atoms with Crippen LogP contribution in [0.2, 0.25) is 0 Å². The van der Waals surface area contributed by atoms with Crippen molar-refractivity contribution in [1.82, 2.24) is 0 Å². The molecule has 0 radical (unpaired) electrons. The van der Waals surface area contributed by atoms with E-state index in [4.69, 9.17) is 5.73 Å². The summed E-state index contributed by atoms with van der Waals surface area (Å²) in [7, 11) is 0. The van der Waals surface area contributed by atoms with Crippen LogP contribution in [0.3, 0.4) is 0 Å². The Morgan fingerprint density at radius 2 is 1.78 bits per heavy atom. The summed E-state index contributed by atoms with van der Waals surface area (Å²) in [6, 6.07) is 4.84. The van der Waals surface area contributed by atoms with Crippen molar-refractivity contribution in [3.63, 3.8) is 0 Å². The van der Waals surface area contributed by atoms with Crippen molar-refractivity contribution in [3.05, 3.63) is 34.4 Å². The maximum Gasteiger partial charge on any atom is 0.0305 e. The predicted molar refractivity (Wildman–Crippen MR) is 78.8 cm³/mol. The van der Waals surface area contributed by atoms with E-state index in [9.17, 15) is 0 Å². The third-order valence-electron chi connectivity index (χ3n) is 4.50. The van der Waals surface area contributed by atoms with Gasteiger partial charge in [0.15, 0.2) is 0 Å². The summed E-state index contributed by atoms with van der Waals surface area (Å²) < 4.78 is 0. The molecule has 0 saturated carbocycles. The number of hydrogen-bond donors (Lipinski definition) is 1. The third kappa shape index (κ3) is 2.47. The smallest absolute Gasteiger partial charge is 0.0305 e. The maximum atomic E-state index is 6.52. The largest absolute Gasteiger partial charge is 0.324 e. The van der Waals surface area contributed by atoms with E-state index in [0.29, 0.717) is 5.41 Å². The number of rotatable bonds is 2. The van der Waals surface area contributed by atoms with Gasteiger partial charge in [0.2, 0.25) is 0 Å². The first kappa shape index (κ1) is 13.6. The van der Waals surface area contributed by atoms with Crippen LogP contribution in [-0.4, -0.2) is 0 Å². The lowest BCUT2D eigenvalue weighted by Crippen LogP contribution is -2.20. The lowest BCUT2D eigenvalue weighted by molar-refractivity contribution is 0.293. The lowest BCUT2D eigenvalue weighted by atomic mass is 9.83. The van der Waals surface area contributed by atoms with Crippen molar-refractivity contribution in [2.24, 2.45) is 11.1 Å². The molecule has 0 bridgehead atoms. The van der Waals surface area contributed by atoms with Crippen LogP contribution in [0.5, 0.6) is 0 Å². The molecule has 0 fully saturated rings. The molecule has 0 amide bonds. The van der Waals surface area contributed by atoms with E-state index in [0.717, 1.165) is 19.3 Å². The normalized spacial score (nSPS) is 22.4. The van der Waals surface area contributed by atoms with E-state index in [2.05, 4.69) is 39.8 Å². The first-order valence-corrected chi connectivity index (χ1v) is 7.37. The summed E-state index contributed by atoms with van der Waals surface area (Å²) in [5, 5.41) is 0. The lowest BCUT2D eigenvalue weighted by Gasteiger charge is -2.25. The van der Waals surface area contributed by atoms with Gasteiger partial charge in [0, 0.05) is 6.04 Å². The Balaban J connectivity index is 2.55. The van der Waals surface area contributed by atoms with Gasteiger partial charge in [-0.2, -0.15) is 0 Å². The number of benzene rings is 1. The van der Waals surface area contributed by atoms with Crippen LogP contribution in [0.4, 0.5) is 0 Å². The predicted octanol–water partition coefficient (Wildman–Crippen LogP) is 4.17. The molecule has 1 aromatic rings. The third-order valence-corrected chi connectivity index (χ3v) is 4.50. The Morgan fingerprint density at radius 3 is 2.39 bits per heavy atom. The van der Waals surface area contributed by atoms with Crippen molar-refractivity contribution in [2.45, 2.75) is 65.8 Å². The highest BCUT2D eigenvalue weighted by atomic mass is 14.7. The van der Waals surface area contributed by atoms with Crippen LogP contribution in [-0.2, 0) is 19.3 Å². The first-order valence-electron chi connectivity index (χ1n) is 7.37. The number of nitrogens with two attached hydrogens (primary N) is 1. The summed E-state index contributed by atoms with van der Waals surface area (Å²) in [6.45, 7) is 9.21. The second kappa shape index (κ2) is 5.05. The van der Waals surface area contributed by atoms with Gasteiger partial charge in [0.25, 0.3) is 0 Å². The number of fused-ring (bicyclic) bond motifs is 1. The zero-order chi connectivity index (χ0) is 13.3. The van der Waals surface area contributed by atoms with Gasteiger partial charge >= 0.3 is 0 Å². The van der Waals surface area contributed by atoms with Crippen LogP contribution in [0, 0.1) is 5.41 Å². The molecule has 0 spiro atoms. The van der Waals surface area contributed by atoms with E-state index in [-0.39, 0.29) is 6.04 Å². The minimum Gasteiger partial charge on any atom is -0.324 e. The molecule has 1 nitrogen and oxygen atoms in total. The molecule has 1 aliphatic rings. The fourth-order valence-electron chi connectivity index (χ4n) is 3.42. The Morgan fingerprint density at radius 1 is 1.17 bits per heavy atom. The van der Waals surface area contributed by atoms with Gasteiger partial charge in [-0.05, 0) is 59.8 Å². The van der Waals surface area contributed by atoms with Crippen LogP contribution in [0.1, 0.15) is 68.8 Å². The number of hydrogen-bond acceptors (Lipinski definition) is 1. The quantitative estimate of drug-likeness (QED) is 0.777. The van der Waals surface area contributed by atoms with Crippen molar-refractivity contribution < 1.29 is 0 Å². The summed E-state index contributed by atoms with van der Waals surface area (Å²) in [4.78, 5) is 0. The fraction of sp³-hybridized carbons (Fsp3) is 0.647.